The molecule has 0 saturated carbocycles. The number of fused-ring (bicyclic) bond motifs is 1. The lowest BCUT2D eigenvalue weighted by molar-refractivity contribution is 0.395. The van der Waals surface area contributed by atoms with E-state index in [1.165, 1.54) is 5.56 Å². The molecule has 0 spiro atoms. The number of benzene rings is 1. The topological polar surface area (TPSA) is 70.7 Å². The van der Waals surface area contributed by atoms with E-state index in [2.05, 4.69) is 34.2 Å². The summed E-state index contributed by atoms with van der Waals surface area (Å²) in [4.78, 5) is 13.7. The zero-order valence-electron chi connectivity index (χ0n) is 17.6. The first-order chi connectivity index (χ1) is 15.2. The first kappa shape index (κ1) is 19.2. The van der Waals surface area contributed by atoms with Crippen LogP contribution in [0.1, 0.15) is 47.4 Å². The number of aryl methyl sites for hydroxylation is 2. The molecule has 31 heavy (non-hydrogen) atoms. The molecule has 5 rings (SSSR count). The highest BCUT2D eigenvalue weighted by atomic mass is 16.5. The molecule has 0 amide bonds. The molecular weight excluding hydrogens is 388 g/mol. The summed E-state index contributed by atoms with van der Waals surface area (Å²) in [6.45, 7) is 2.86. The Morgan fingerprint density at radius 1 is 1.06 bits per heavy atom. The van der Waals surface area contributed by atoms with Crippen LogP contribution < -0.4 is 4.74 Å². The Balaban J connectivity index is 1.41. The Hall–Kier alpha value is -3.74. The van der Waals surface area contributed by atoms with Gasteiger partial charge >= 0.3 is 0 Å². The Labute approximate surface area is 181 Å². The number of methoxy groups -OCH3 is 1. The molecular formula is C24H24N6O. The van der Waals surface area contributed by atoms with Gasteiger partial charge in [-0.3, -0.25) is 0 Å². The maximum atomic E-state index is 5.50. The third-order valence-electron chi connectivity index (χ3n) is 5.54. The summed E-state index contributed by atoms with van der Waals surface area (Å²) in [6, 6.07) is 14.5. The Kier molecular flexibility index (Phi) is 5.08. The fourth-order valence-corrected chi connectivity index (χ4v) is 4.04. The molecule has 0 saturated heterocycles. The SMILES string of the molecule is COc1nc(C=Cc2nc3n(n2)CCC[C@H]3c2ccccc2)ccc1-n1cnc(C)c1. The third kappa shape index (κ3) is 3.86. The van der Waals surface area contributed by atoms with Crippen LogP contribution in [0.5, 0.6) is 5.88 Å². The second-order valence-electron chi connectivity index (χ2n) is 7.68. The van der Waals surface area contributed by atoms with E-state index < -0.39 is 0 Å². The normalized spacial score (nSPS) is 15.9. The van der Waals surface area contributed by atoms with Gasteiger partial charge in [0, 0.05) is 18.7 Å². The fourth-order valence-electron chi connectivity index (χ4n) is 4.04. The van der Waals surface area contributed by atoms with Crippen LogP contribution in [0, 0.1) is 6.92 Å². The number of hydrogen-bond donors (Lipinski definition) is 0. The predicted molar refractivity (Wildman–Crippen MR) is 119 cm³/mol. The van der Waals surface area contributed by atoms with Gasteiger partial charge in [-0.2, -0.15) is 5.10 Å². The lowest BCUT2D eigenvalue weighted by Crippen LogP contribution is -2.17. The predicted octanol–water partition coefficient (Wildman–Crippen LogP) is 4.27. The van der Waals surface area contributed by atoms with Crippen LogP contribution in [0.2, 0.25) is 0 Å². The van der Waals surface area contributed by atoms with Crippen molar-refractivity contribution in [3.05, 3.63) is 83.6 Å². The second-order valence-corrected chi connectivity index (χ2v) is 7.68. The van der Waals surface area contributed by atoms with Crippen molar-refractivity contribution in [2.75, 3.05) is 7.11 Å². The molecule has 3 aromatic heterocycles. The van der Waals surface area contributed by atoms with Crippen LogP contribution in [0.3, 0.4) is 0 Å². The number of ether oxygens (including phenoxy) is 1. The number of nitrogens with zero attached hydrogens (tertiary/aromatic N) is 6. The Bertz CT molecular complexity index is 1220. The highest BCUT2D eigenvalue weighted by molar-refractivity contribution is 5.65. The van der Waals surface area contributed by atoms with Crippen molar-refractivity contribution in [1.82, 2.24) is 29.3 Å². The quantitative estimate of drug-likeness (QED) is 0.489. The Morgan fingerprint density at radius 2 is 1.94 bits per heavy atom. The molecule has 0 unspecified atom stereocenters. The van der Waals surface area contributed by atoms with Gasteiger partial charge in [0.25, 0.3) is 0 Å². The molecule has 0 aliphatic carbocycles. The molecule has 4 aromatic rings. The summed E-state index contributed by atoms with van der Waals surface area (Å²) in [5.74, 6) is 2.57. The summed E-state index contributed by atoms with van der Waals surface area (Å²) < 4.78 is 9.45. The van der Waals surface area contributed by atoms with Crippen LogP contribution in [-0.4, -0.2) is 36.4 Å². The highest BCUT2D eigenvalue weighted by Gasteiger charge is 2.25. The average molecular weight is 412 g/mol. The third-order valence-corrected chi connectivity index (χ3v) is 5.54. The van der Waals surface area contributed by atoms with Crippen molar-refractivity contribution in [1.29, 1.82) is 0 Å². The van der Waals surface area contributed by atoms with E-state index in [1.807, 2.05) is 52.7 Å². The van der Waals surface area contributed by atoms with Gasteiger partial charge in [-0.1, -0.05) is 30.3 Å². The summed E-state index contributed by atoms with van der Waals surface area (Å²) in [6.07, 6.45) is 9.73. The van der Waals surface area contributed by atoms with Gasteiger partial charge in [0.1, 0.15) is 11.5 Å². The Morgan fingerprint density at radius 3 is 2.71 bits per heavy atom. The summed E-state index contributed by atoms with van der Waals surface area (Å²) in [7, 11) is 1.62. The largest absolute Gasteiger partial charge is 0.479 e. The van der Waals surface area contributed by atoms with Gasteiger partial charge in [0.2, 0.25) is 5.88 Å². The maximum Gasteiger partial charge on any atom is 0.238 e. The molecule has 4 heterocycles. The minimum absolute atomic E-state index is 0.292. The number of rotatable bonds is 5. The maximum absolute atomic E-state index is 5.50. The van der Waals surface area contributed by atoms with E-state index in [4.69, 9.17) is 14.8 Å². The van der Waals surface area contributed by atoms with E-state index >= 15 is 0 Å². The lowest BCUT2D eigenvalue weighted by atomic mass is 9.91. The van der Waals surface area contributed by atoms with Crippen LogP contribution >= 0.6 is 0 Å². The summed E-state index contributed by atoms with van der Waals surface area (Å²) in [5, 5.41) is 4.70. The molecule has 0 bridgehead atoms. The van der Waals surface area contributed by atoms with Crippen LogP contribution in [0.25, 0.3) is 17.8 Å². The molecule has 0 fully saturated rings. The van der Waals surface area contributed by atoms with Gasteiger partial charge in [0.05, 0.1) is 24.8 Å². The van der Waals surface area contributed by atoms with E-state index in [9.17, 15) is 0 Å². The van der Waals surface area contributed by atoms with Crippen molar-refractivity contribution in [2.24, 2.45) is 0 Å². The fraction of sp³-hybridized carbons (Fsp3) is 0.250. The monoisotopic (exact) mass is 412 g/mol. The van der Waals surface area contributed by atoms with Crippen LogP contribution in [0.4, 0.5) is 0 Å². The van der Waals surface area contributed by atoms with E-state index in [-0.39, 0.29) is 0 Å². The molecule has 0 N–H and O–H groups in total. The van der Waals surface area contributed by atoms with Gasteiger partial charge in [-0.05, 0) is 49.6 Å². The molecule has 1 aliphatic rings. The lowest BCUT2D eigenvalue weighted by Gasteiger charge is -2.22. The van der Waals surface area contributed by atoms with Gasteiger partial charge in [0.15, 0.2) is 5.82 Å². The molecule has 1 aliphatic heterocycles. The molecule has 1 atom stereocenters. The number of aromatic nitrogens is 6. The molecule has 7 nitrogen and oxygen atoms in total. The molecule has 156 valence electrons. The zero-order valence-corrected chi connectivity index (χ0v) is 17.6. The van der Waals surface area contributed by atoms with Gasteiger partial charge in [-0.25, -0.2) is 19.6 Å². The minimum atomic E-state index is 0.292. The summed E-state index contributed by atoms with van der Waals surface area (Å²) in [5.41, 5.74) is 3.86. The van der Waals surface area contributed by atoms with Gasteiger partial charge < -0.3 is 9.30 Å². The number of imidazole rings is 1. The van der Waals surface area contributed by atoms with Gasteiger partial charge in [-0.15, -0.1) is 0 Å². The van der Waals surface area contributed by atoms with Crippen molar-refractivity contribution in [2.45, 2.75) is 32.2 Å². The molecule has 0 radical (unpaired) electrons. The minimum Gasteiger partial charge on any atom is -0.479 e. The first-order valence-electron chi connectivity index (χ1n) is 10.4. The van der Waals surface area contributed by atoms with E-state index in [1.54, 1.807) is 13.4 Å². The molecule has 1 aromatic carbocycles. The van der Waals surface area contributed by atoms with Crippen LogP contribution in [0.15, 0.2) is 55.0 Å². The number of pyridine rings is 1. The smallest absolute Gasteiger partial charge is 0.238 e. The van der Waals surface area contributed by atoms with Crippen molar-refractivity contribution >= 4 is 12.2 Å². The second kappa shape index (κ2) is 8.18. The average Bonchev–Trinajstić information content (AvgIpc) is 3.43. The summed E-state index contributed by atoms with van der Waals surface area (Å²) >= 11 is 0. The van der Waals surface area contributed by atoms with Crippen molar-refractivity contribution in [3.63, 3.8) is 0 Å². The zero-order chi connectivity index (χ0) is 21.2. The molecule has 7 heteroatoms. The van der Waals surface area contributed by atoms with Crippen LogP contribution in [-0.2, 0) is 6.54 Å². The van der Waals surface area contributed by atoms with E-state index in [0.717, 1.165) is 42.3 Å². The number of hydrogen-bond acceptors (Lipinski definition) is 5. The van der Waals surface area contributed by atoms with Crippen molar-refractivity contribution < 1.29 is 4.74 Å². The van der Waals surface area contributed by atoms with Crippen molar-refractivity contribution in [3.8, 4) is 11.6 Å². The standard InChI is InChI=1S/C24H24N6O/c1-17-15-29(16-25-17)21-12-10-19(26-24(21)31-2)11-13-22-27-23-20(9-6-14-30(23)28-22)18-7-4-3-5-8-18/h3-5,7-8,10-13,15-16,20H,6,9,14H2,1-2H3/t20-/m0/s1. The van der Waals surface area contributed by atoms with E-state index in [0.29, 0.717) is 17.6 Å². The first-order valence-corrected chi connectivity index (χ1v) is 10.4. The highest BCUT2D eigenvalue weighted by Crippen LogP contribution is 2.32.